The van der Waals surface area contributed by atoms with Gasteiger partial charge >= 0.3 is 0 Å². The molecule has 0 amide bonds. The highest BCUT2D eigenvalue weighted by molar-refractivity contribution is 9.10. The highest BCUT2D eigenvalue weighted by Gasteiger charge is 2.11. The summed E-state index contributed by atoms with van der Waals surface area (Å²) in [6.45, 7) is 3.00. The van der Waals surface area contributed by atoms with E-state index < -0.39 is 0 Å². The number of rotatable bonds is 5. The van der Waals surface area contributed by atoms with Gasteiger partial charge in [0.15, 0.2) is 0 Å². The van der Waals surface area contributed by atoms with Crippen molar-refractivity contribution in [3.63, 3.8) is 0 Å². The van der Waals surface area contributed by atoms with Crippen molar-refractivity contribution in [2.45, 2.75) is 19.4 Å². The predicted octanol–water partition coefficient (Wildman–Crippen LogP) is 4.15. The number of benzene rings is 2. The van der Waals surface area contributed by atoms with E-state index in [1.54, 1.807) is 0 Å². The van der Waals surface area contributed by atoms with Crippen LogP contribution in [-0.4, -0.2) is 13.6 Å². The topological polar surface area (TPSA) is 29.3 Å². The summed E-state index contributed by atoms with van der Waals surface area (Å²) >= 11 is 3.52. The molecule has 20 heavy (non-hydrogen) atoms. The average Bonchev–Trinajstić information content (AvgIpc) is 2.45. The summed E-state index contributed by atoms with van der Waals surface area (Å²) in [5, 5.41) is 0. The van der Waals surface area contributed by atoms with Crippen molar-refractivity contribution >= 4 is 21.6 Å². The first kappa shape index (κ1) is 15.1. The molecule has 0 saturated heterocycles. The summed E-state index contributed by atoms with van der Waals surface area (Å²) in [7, 11) is 2.12. The minimum atomic E-state index is 0.0293. The smallest absolute Gasteiger partial charge is 0.0412 e. The number of nitrogens with zero attached hydrogens (tertiary/aromatic N) is 1. The molecule has 0 bridgehead atoms. The van der Waals surface area contributed by atoms with Gasteiger partial charge in [-0.15, -0.1) is 0 Å². The number of likely N-dealkylation sites (N-methyl/N-ethyl adjacent to an activating group) is 1. The lowest BCUT2D eigenvalue weighted by molar-refractivity contribution is 0.796. The van der Waals surface area contributed by atoms with Crippen LogP contribution in [-0.2, 0) is 6.42 Å². The summed E-state index contributed by atoms with van der Waals surface area (Å²) in [5.41, 5.74) is 9.82. The van der Waals surface area contributed by atoms with Crippen LogP contribution >= 0.6 is 15.9 Å². The molecule has 0 heterocycles. The first-order valence-corrected chi connectivity index (χ1v) is 7.67. The SMILES string of the molecule is CC(N)c1cc(Br)ccc1N(C)CCc1ccccc1. The summed E-state index contributed by atoms with van der Waals surface area (Å²) < 4.78 is 1.07. The normalized spacial score (nSPS) is 12.2. The second-order valence-corrected chi connectivity index (χ2v) is 6.06. The van der Waals surface area contributed by atoms with E-state index in [1.165, 1.54) is 16.8 Å². The van der Waals surface area contributed by atoms with E-state index in [9.17, 15) is 0 Å². The Bertz CT molecular complexity index is 552. The van der Waals surface area contributed by atoms with Gasteiger partial charge in [0.25, 0.3) is 0 Å². The van der Waals surface area contributed by atoms with Crippen LogP contribution in [0.1, 0.15) is 24.1 Å². The minimum absolute atomic E-state index is 0.0293. The van der Waals surface area contributed by atoms with E-state index >= 15 is 0 Å². The Balaban J connectivity index is 2.11. The molecule has 0 saturated carbocycles. The highest BCUT2D eigenvalue weighted by Crippen LogP contribution is 2.28. The quantitative estimate of drug-likeness (QED) is 0.891. The van der Waals surface area contributed by atoms with E-state index in [-0.39, 0.29) is 6.04 Å². The van der Waals surface area contributed by atoms with Crippen LogP contribution in [0.2, 0.25) is 0 Å². The first-order valence-electron chi connectivity index (χ1n) is 6.88. The number of halogens is 1. The van der Waals surface area contributed by atoms with Crippen LogP contribution in [0.3, 0.4) is 0 Å². The standard InChI is InChI=1S/C17H21BrN2/c1-13(19)16-12-15(18)8-9-17(16)20(2)11-10-14-6-4-3-5-7-14/h3-9,12-13H,10-11,19H2,1-2H3. The lowest BCUT2D eigenvalue weighted by Gasteiger charge is -2.24. The number of hydrogen-bond donors (Lipinski definition) is 1. The van der Waals surface area contributed by atoms with Gasteiger partial charge in [0, 0.05) is 29.8 Å². The van der Waals surface area contributed by atoms with E-state index in [0.717, 1.165) is 17.4 Å². The van der Waals surface area contributed by atoms with Crippen molar-refractivity contribution in [3.05, 3.63) is 64.1 Å². The van der Waals surface area contributed by atoms with Gasteiger partial charge in [0.1, 0.15) is 0 Å². The van der Waals surface area contributed by atoms with Crippen molar-refractivity contribution in [1.82, 2.24) is 0 Å². The molecule has 0 aliphatic carbocycles. The molecule has 2 aromatic carbocycles. The van der Waals surface area contributed by atoms with Gasteiger partial charge < -0.3 is 10.6 Å². The molecule has 3 heteroatoms. The maximum Gasteiger partial charge on any atom is 0.0412 e. The zero-order chi connectivity index (χ0) is 14.5. The molecular formula is C17H21BrN2. The molecule has 0 fully saturated rings. The Labute approximate surface area is 129 Å². The Hall–Kier alpha value is -1.32. The molecule has 0 spiro atoms. The van der Waals surface area contributed by atoms with Gasteiger partial charge in [-0.05, 0) is 42.7 Å². The van der Waals surface area contributed by atoms with E-state index in [4.69, 9.17) is 5.73 Å². The fourth-order valence-electron chi connectivity index (χ4n) is 2.30. The maximum absolute atomic E-state index is 6.08. The minimum Gasteiger partial charge on any atom is -0.374 e. The second kappa shape index (κ2) is 6.91. The zero-order valence-electron chi connectivity index (χ0n) is 12.0. The van der Waals surface area contributed by atoms with Gasteiger partial charge in [-0.2, -0.15) is 0 Å². The van der Waals surface area contributed by atoms with E-state index in [2.05, 4.69) is 76.4 Å². The summed E-state index contributed by atoms with van der Waals surface area (Å²) in [6.07, 6.45) is 1.03. The van der Waals surface area contributed by atoms with Crippen LogP contribution in [0.4, 0.5) is 5.69 Å². The monoisotopic (exact) mass is 332 g/mol. The molecule has 0 radical (unpaired) electrons. The summed E-state index contributed by atoms with van der Waals surface area (Å²) in [4.78, 5) is 2.28. The molecule has 2 rings (SSSR count). The van der Waals surface area contributed by atoms with Gasteiger partial charge in [0.05, 0.1) is 0 Å². The van der Waals surface area contributed by atoms with E-state index in [1.807, 2.05) is 6.92 Å². The molecule has 106 valence electrons. The Morgan fingerprint density at radius 2 is 1.85 bits per heavy atom. The van der Waals surface area contributed by atoms with Gasteiger partial charge in [0.2, 0.25) is 0 Å². The molecule has 0 aliphatic rings. The third-order valence-corrected chi connectivity index (χ3v) is 3.96. The molecule has 2 N–H and O–H groups in total. The maximum atomic E-state index is 6.08. The predicted molar refractivity (Wildman–Crippen MR) is 90.2 cm³/mol. The number of anilines is 1. The third kappa shape index (κ3) is 3.84. The van der Waals surface area contributed by atoms with Gasteiger partial charge in [-0.25, -0.2) is 0 Å². The molecule has 0 aliphatic heterocycles. The van der Waals surface area contributed by atoms with Crippen molar-refractivity contribution < 1.29 is 0 Å². The average molecular weight is 333 g/mol. The van der Waals surface area contributed by atoms with Crippen LogP contribution in [0.25, 0.3) is 0 Å². The molecule has 1 unspecified atom stereocenters. The lowest BCUT2D eigenvalue weighted by Crippen LogP contribution is -2.23. The fraction of sp³-hybridized carbons (Fsp3) is 0.294. The lowest BCUT2D eigenvalue weighted by atomic mass is 10.1. The van der Waals surface area contributed by atoms with Crippen molar-refractivity contribution in [3.8, 4) is 0 Å². The highest BCUT2D eigenvalue weighted by atomic mass is 79.9. The second-order valence-electron chi connectivity index (χ2n) is 5.15. The van der Waals surface area contributed by atoms with Crippen LogP contribution < -0.4 is 10.6 Å². The zero-order valence-corrected chi connectivity index (χ0v) is 13.6. The Morgan fingerprint density at radius 3 is 2.50 bits per heavy atom. The van der Waals surface area contributed by atoms with Crippen LogP contribution in [0, 0.1) is 0 Å². The van der Waals surface area contributed by atoms with E-state index in [0.29, 0.717) is 0 Å². The number of hydrogen-bond acceptors (Lipinski definition) is 2. The summed E-state index contributed by atoms with van der Waals surface area (Å²) in [5.74, 6) is 0. The third-order valence-electron chi connectivity index (χ3n) is 3.47. The van der Waals surface area contributed by atoms with Crippen LogP contribution in [0.15, 0.2) is 53.0 Å². The van der Waals surface area contributed by atoms with Crippen LogP contribution in [0.5, 0.6) is 0 Å². The summed E-state index contributed by atoms with van der Waals surface area (Å²) in [6, 6.07) is 16.9. The first-order chi connectivity index (χ1) is 9.58. The fourth-order valence-corrected chi connectivity index (χ4v) is 2.68. The van der Waals surface area contributed by atoms with Crippen molar-refractivity contribution in [2.24, 2.45) is 5.73 Å². The number of nitrogens with two attached hydrogens (primary N) is 1. The molecule has 1 atom stereocenters. The Morgan fingerprint density at radius 1 is 1.15 bits per heavy atom. The molecule has 2 nitrogen and oxygen atoms in total. The molecular weight excluding hydrogens is 312 g/mol. The van der Waals surface area contributed by atoms with Crippen molar-refractivity contribution in [1.29, 1.82) is 0 Å². The van der Waals surface area contributed by atoms with Crippen molar-refractivity contribution in [2.75, 3.05) is 18.5 Å². The van der Waals surface area contributed by atoms with Gasteiger partial charge in [-0.1, -0.05) is 46.3 Å². The Kier molecular flexibility index (Phi) is 5.21. The molecule has 0 aromatic heterocycles. The molecule has 2 aromatic rings. The largest absolute Gasteiger partial charge is 0.374 e. The van der Waals surface area contributed by atoms with Gasteiger partial charge in [-0.3, -0.25) is 0 Å².